The molecular formula is C17H24N4. The molecule has 0 fully saturated rings. The van der Waals surface area contributed by atoms with Crippen LogP contribution in [0.5, 0.6) is 0 Å². The second-order valence-corrected chi connectivity index (χ2v) is 5.12. The lowest BCUT2D eigenvalue weighted by atomic mass is 10.1. The van der Waals surface area contributed by atoms with Crippen LogP contribution < -0.4 is 10.6 Å². The summed E-state index contributed by atoms with van der Waals surface area (Å²) in [6.07, 6.45) is 5.90. The molecule has 0 aliphatic carbocycles. The van der Waals surface area contributed by atoms with Gasteiger partial charge in [-0.2, -0.15) is 0 Å². The summed E-state index contributed by atoms with van der Waals surface area (Å²) in [5.74, 6) is 1.79. The van der Waals surface area contributed by atoms with E-state index in [-0.39, 0.29) is 0 Å². The molecule has 1 heterocycles. The maximum Gasteiger partial charge on any atom is 0.139 e. The molecule has 112 valence electrons. The monoisotopic (exact) mass is 284 g/mol. The van der Waals surface area contributed by atoms with E-state index in [2.05, 4.69) is 58.7 Å². The van der Waals surface area contributed by atoms with Gasteiger partial charge in [-0.05, 0) is 30.5 Å². The van der Waals surface area contributed by atoms with Gasteiger partial charge in [-0.1, -0.05) is 38.8 Å². The third kappa shape index (κ3) is 3.94. The fourth-order valence-corrected chi connectivity index (χ4v) is 2.40. The summed E-state index contributed by atoms with van der Waals surface area (Å²) in [5, 5.41) is 6.55. The van der Waals surface area contributed by atoms with E-state index in [1.165, 1.54) is 12.0 Å². The van der Waals surface area contributed by atoms with Crippen molar-refractivity contribution in [2.24, 2.45) is 0 Å². The Hall–Kier alpha value is -2.10. The molecule has 0 atom stereocenters. The molecule has 0 saturated heterocycles. The summed E-state index contributed by atoms with van der Waals surface area (Å²) < 4.78 is 0. The molecule has 2 aromatic rings. The Kier molecular flexibility index (Phi) is 5.55. The fourth-order valence-electron chi connectivity index (χ4n) is 2.40. The van der Waals surface area contributed by atoms with Crippen LogP contribution >= 0.6 is 0 Å². The van der Waals surface area contributed by atoms with Gasteiger partial charge in [0.15, 0.2) is 0 Å². The van der Waals surface area contributed by atoms with Crippen LogP contribution in [-0.2, 0) is 12.8 Å². The Balaban J connectivity index is 2.22. The van der Waals surface area contributed by atoms with Crippen LogP contribution in [0.15, 0.2) is 30.6 Å². The maximum absolute atomic E-state index is 4.40. The van der Waals surface area contributed by atoms with Crippen LogP contribution in [-0.4, -0.2) is 17.0 Å². The van der Waals surface area contributed by atoms with Crippen LogP contribution in [0, 0.1) is 0 Å². The molecule has 1 aromatic heterocycles. The second kappa shape index (κ2) is 7.62. The summed E-state index contributed by atoms with van der Waals surface area (Å²) in [7, 11) is 1.89. The molecule has 4 heteroatoms. The van der Waals surface area contributed by atoms with Gasteiger partial charge in [0, 0.05) is 18.3 Å². The first kappa shape index (κ1) is 15.3. The number of rotatable bonds is 7. The van der Waals surface area contributed by atoms with Gasteiger partial charge in [-0.3, -0.25) is 0 Å². The van der Waals surface area contributed by atoms with Crippen molar-refractivity contribution >= 4 is 17.3 Å². The lowest BCUT2D eigenvalue weighted by molar-refractivity contribution is 0.905. The van der Waals surface area contributed by atoms with Gasteiger partial charge in [0.05, 0.1) is 0 Å². The summed E-state index contributed by atoms with van der Waals surface area (Å²) in [6.45, 7) is 4.36. The molecular weight excluding hydrogens is 260 g/mol. The second-order valence-electron chi connectivity index (χ2n) is 5.12. The largest absolute Gasteiger partial charge is 0.373 e. The number of benzene rings is 1. The van der Waals surface area contributed by atoms with Gasteiger partial charge in [-0.15, -0.1) is 0 Å². The average Bonchev–Trinajstić information content (AvgIpc) is 2.51. The highest BCUT2D eigenvalue weighted by Crippen LogP contribution is 2.24. The molecule has 0 aliphatic heterocycles. The highest BCUT2D eigenvalue weighted by molar-refractivity contribution is 5.64. The minimum Gasteiger partial charge on any atom is -0.373 e. The first-order valence-electron chi connectivity index (χ1n) is 7.66. The van der Waals surface area contributed by atoms with Crippen LogP contribution in [0.4, 0.5) is 17.3 Å². The zero-order valence-corrected chi connectivity index (χ0v) is 13.1. The SMILES string of the molecule is CCCc1ccc(Nc2ncnc(NC)c2CCC)cc1. The lowest BCUT2D eigenvalue weighted by Gasteiger charge is -2.14. The smallest absolute Gasteiger partial charge is 0.139 e. The van der Waals surface area contributed by atoms with Crippen molar-refractivity contribution in [1.82, 2.24) is 9.97 Å². The van der Waals surface area contributed by atoms with Crippen molar-refractivity contribution in [3.8, 4) is 0 Å². The molecule has 1 aromatic carbocycles. The Labute approximate surface area is 127 Å². The quantitative estimate of drug-likeness (QED) is 0.801. The summed E-state index contributed by atoms with van der Waals surface area (Å²) >= 11 is 0. The number of hydrogen-bond donors (Lipinski definition) is 2. The van der Waals surface area contributed by atoms with Crippen molar-refractivity contribution in [3.63, 3.8) is 0 Å². The fraction of sp³-hybridized carbons (Fsp3) is 0.412. The van der Waals surface area contributed by atoms with Crippen molar-refractivity contribution in [2.75, 3.05) is 17.7 Å². The number of anilines is 3. The number of nitrogens with one attached hydrogen (secondary N) is 2. The molecule has 0 radical (unpaired) electrons. The molecule has 2 rings (SSSR count). The van der Waals surface area contributed by atoms with Crippen LogP contribution in [0.25, 0.3) is 0 Å². The van der Waals surface area contributed by atoms with Gasteiger partial charge in [0.2, 0.25) is 0 Å². The van der Waals surface area contributed by atoms with E-state index in [0.717, 1.165) is 42.1 Å². The highest BCUT2D eigenvalue weighted by atomic mass is 15.1. The van der Waals surface area contributed by atoms with Crippen molar-refractivity contribution in [3.05, 3.63) is 41.7 Å². The summed E-state index contributed by atoms with van der Waals surface area (Å²) in [4.78, 5) is 8.69. The van der Waals surface area contributed by atoms with E-state index in [1.807, 2.05) is 7.05 Å². The third-order valence-corrected chi connectivity index (χ3v) is 3.44. The molecule has 0 saturated carbocycles. The van der Waals surface area contributed by atoms with E-state index < -0.39 is 0 Å². The zero-order chi connectivity index (χ0) is 15.1. The van der Waals surface area contributed by atoms with Gasteiger partial charge in [0.25, 0.3) is 0 Å². The average molecular weight is 284 g/mol. The molecule has 0 amide bonds. The lowest BCUT2D eigenvalue weighted by Crippen LogP contribution is -2.05. The van der Waals surface area contributed by atoms with Gasteiger partial charge in [0.1, 0.15) is 18.0 Å². The molecule has 2 N–H and O–H groups in total. The van der Waals surface area contributed by atoms with Crippen LogP contribution in [0.2, 0.25) is 0 Å². The third-order valence-electron chi connectivity index (χ3n) is 3.44. The molecule has 0 bridgehead atoms. The Morgan fingerprint density at radius 2 is 1.57 bits per heavy atom. The molecule has 0 spiro atoms. The molecule has 0 aliphatic rings. The van der Waals surface area contributed by atoms with Gasteiger partial charge >= 0.3 is 0 Å². The van der Waals surface area contributed by atoms with E-state index in [4.69, 9.17) is 0 Å². The number of aromatic nitrogens is 2. The summed E-state index contributed by atoms with van der Waals surface area (Å²) in [6, 6.07) is 8.57. The van der Waals surface area contributed by atoms with Crippen LogP contribution in [0.1, 0.15) is 37.8 Å². The summed E-state index contributed by atoms with van der Waals surface area (Å²) in [5.41, 5.74) is 3.57. The van der Waals surface area contributed by atoms with Crippen LogP contribution in [0.3, 0.4) is 0 Å². The molecule has 4 nitrogen and oxygen atoms in total. The van der Waals surface area contributed by atoms with Crippen molar-refractivity contribution in [2.45, 2.75) is 39.5 Å². The Bertz CT molecular complexity index is 564. The van der Waals surface area contributed by atoms with Crippen molar-refractivity contribution in [1.29, 1.82) is 0 Å². The van der Waals surface area contributed by atoms with Gasteiger partial charge < -0.3 is 10.6 Å². The molecule has 21 heavy (non-hydrogen) atoms. The zero-order valence-electron chi connectivity index (χ0n) is 13.1. The topological polar surface area (TPSA) is 49.8 Å². The first-order chi connectivity index (χ1) is 10.3. The van der Waals surface area contributed by atoms with E-state index in [0.29, 0.717) is 0 Å². The number of nitrogens with zero attached hydrogens (tertiary/aromatic N) is 2. The van der Waals surface area contributed by atoms with E-state index in [1.54, 1.807) is 6.33 Å². The number of aryl methyl sites for hydroxylation is 1. The predicted molar refractivity (Wildman–Crippen MR) is 89.3 cm³/mol. The number of hydrogen-bond acceptors (Lipinski definition) is 4. The Morgan fingerprint density at radius 1 is 0.905 bits per heavy atom. The standard InChI is InChI=1S/C17H24N4/c1-4-6-13-8-10-14(11-9-13)21-17-15(7-5-2)16(18-3)19-12-20-17/h8-12H,4-7H2,1-3H3,(H2,18,19,20,21). The van der Waals surface area contributed by atoms with Crippen molar-refractivity contribution < 1.29 is 0 Å². The predicted octanol–water partition coefficient (Wildman–Crippen LogP) is 4.17. The highest BCUT2D eigenvalue weighted by Gasteiger charge is 2.09. The Morgan fingerprint density at radius 3 is 2.19 bits per heavy atom. The maximum atomic E-state index is 4.40. The van der Waals surface area contributed by atoms with E-state index in [9.17, 15) is 0 Å². The normalized spacial score (nSPS) is 10.4. The molecule has 0 unspecified atom stereocenters. The minimum absolute atomic E-state index is 0.888. The van der Waals surface area contributed by atoms with E-state index >= 15 is 0 Å². The minimum atomic E-state index is 0.888. The van der Waals surface area contributed by atoms with Gasteiger partial charge in [-0.25, -0.2) is 9.97 Å². The first-order valence-corrected chi connectivity index (χ1v) is 7.66.